The van der Waals surface area contributed by atoms with E-state index in [0.29, 0.717) is 32.6 Å². The largest absolute Gasteiger partial charge is 0.382 e. The van der Waals surface area contributed by atoms with E-state index in [9.17, 15) is 13.2 Å². The van der Waals surface area contributed by atoms with E-state index in [-0.39, 0.29) is 16.8 Å². The number of carbonyl (C=O) groups is 1. The number of hydrogen-bond donors (Lipinski definition) is 1. The second kappa shape index (κ2) is 7.42. The highest BCUT2D eigenvalue weighted by molar-refractivity contribution is 7.89. The smallest absolute Gasteiger partial charge is 0.240 e. The van der Waals surface area contributed by atoms with Gasteiger partial charge in [-0.25, -0.2) is 13.1 Å². The molecule has 0 radical (unpaired) electrons. The van der Waals surface area contributed by atoms with Gasteiger partial charge in [-0.1, -0.05) is 0 Å². The number of hydrogen-bond acceptors (Lipinski definition) is 4. The molecule has 0 fully saturated rings. The van der Waals surface area contributed by atoms with Gasteiger partial charge in [0.05, 0.1) is 4.90 Å². The van der Waals surface area contributed by atoms with Crippen molar-refractivity contribution < 1.29 is 17.9 Å². The summed E-state index contributed by atoms with van der Waals surface area (Å²) < 4.78 is 32.4. The molecule has 7 heteroatoms. The number of benzene rings is 1. The summed E-state index contributed by atoms with van der Waals surface area (Å²) in [4.78, 5) is 13.7. The van der Waals surface area contributed by atoms with Crippen molar-refractivity contribution in [3.8, 4) is 0 Å². The molecule has 1 atom stereocenters. The molecule has 1 amide bonds. The fourth-order valence-corrected chi connectivity index (χ4v) is 3.99. The Labute approximate surface area is 137 Å². The molecule has 1 unspecified atom stereocenters. The number of nitrogens with one attached hydrogen (secondary N) is 1. The molecular formula is C16H24N2O4S. The van der Waals surface area contributed by atoms with Gasteiger partial charge in [-0.15, -0.1) is 0 Å². The Hall–Kier alpha value is -1.44. The van der Waals surface area contributed by atoms with E-state index in [0.717, 1.165) is 11.3 Å². The maximum absolute atomic E-state index is 12.3. The van der Waals surface area contributed by atoms with Crippen molar-refractivity contribution in [1.29, 1.82) is 0 Å². The summed E-state index contributed by atoms with van der Waals surface area (Å²) in [5.41, 5.74) is 1.70. The third kappa shape index (κ3) is 4.10. The molecule has 1 aliphatic heterocycles. The molecule has 128 valence electrons. The number of ether oxygens (including phenoxy) is 1. The summed E-state index contributed by atoms with van der Waals surface area (Å²) in [6.45, 7) is 6.89. The Bertz CT molecular complexity index is 673. The van der Waals surface area contributed by atoms with Gasteiger partial charge < -0.3 is 9.64 Å². The first-order valence-corrected chi connectivity index (χ1v) is 9.35. The summed E-state index contributed by atoms with van der Waals surface area (Å²) in [5, 5.41) is 0. The van der Waals surface area contributed by atoms with Crippen LogP contribution < -0.4 is 9.62 Å². The van der Waals surface area contributed by atoms with Crippen molar-refractivity contribution >= 4 is 21.6 Å². The van der Waals surface area contributed by atoms with Crippen LogP contribution in [-0.2, 0) is 26.0 Å². The van der Waals surface area contributed by atoms with E-state index >= 15 is 0 Å². The second-order valence-corrected chi connectivity index (χ2v) is 7.45. The number of fused-ring (bicyclic) bond motifs is 1. The molecule has 23 heavy (non-hydrogen) atoms. The zero-order chi connectivity index (χ0) is 17.0. The summed E-state index contributed by atoms with van der Waals surface area (Å²) in [7, 11) is -3.53. The molecule has 1 aliphatic rings. The number of amides is 1. The van der Waals surface area contributed by atoms with E-state index in [1.807, 2.05) is 13.8 Å². The molecule has 6 nitrogen and oxygen atoms in total. The summed E-state index contributed by atoms with van der Waals surface area (Å²) in [5.74, 6) is -0.0269. The third-order valence-electron chi connectivity index (χ3n) is 3.88. The number of sulfonamides is 1. The summed E-state index contributed by atoms with van der Waals surface area (Å²) in [6.07, 6.45) is 1.30. The predicted octanol–water partition coefficient (Wildman–Crippen LogP) is 1.69. The highest BCUT2D eigenvalue weighted by atomic mass is 32.2. The fraction of sp³-hybridized carbons (Fsp3) is 0.562. The molecule has 0 bridgehead atoms. The normalized spacial score (nSPS) is 17.3. The molecule has 2 rings (SSSR count). The van der Waals surface area contributed by atoms with Gasteiger partial charge in [0.2, 0.25) is 15.9 Å². The Balaban J connectivity index is 2.10. The van der Waals surface area contributed by atoms with Crippen molar-refractivity contribution in [3.63, 3.8) is 0 Å². The van der Waals surface area contributed by atoms with Crippen molar-refractivity contribution in [2.24, 2.45) is 0 Å². The van der Waals surface area contributed by atoms with Crippen LogP contribution in [0, 0.1) is 0 Å². The van der Waals surface area contributed by atoms with Crippen LogP contribution >= 0.6 is 0 Å². The number of nitrogens with zero attached hydrogens (tertiary/aromatic N) is 1. The quantitative estimate of drug-likeness (QED) is 0.767. The maximum atomic E-state index is 12.3. The molecule has 1 aromatic rings. The summed E-state index contributed by atoms with van der Waals surface area (Å²) in [6, 6.07) is 4.99. The Kier molecular flexibility index (Phi) is 5.78. The second-order valence-electron chi connectivity index (χ2n) is 5.68. The Morgan fingerprint density at radius 2 is 2.17 bits per heavy atom. The van der Waals surface area contributed by atoms with Crippen LogP contribution in [0.25, 0.3) is 0 Å². The molecule has 0 spiro atoms. The zero-order valence-corrected chi connectivity index (χ0v) is 14.6. The van der Waals surface area contributed by atoms with Crippen molar-refractivity contribution in [2.45, 2.75) is 44.6 Å². The van der Waals surface area contributed by atoms with Crippen LogP contribution in [0.2, 0.25) is 0 Å². The average molecular weight is 340 g/mol. The van der Waals surface area contributed by atoms with Gasteiger partial charge in [-0.3, -0.25) is 4.79 Å². The molecular weight excluding hydrogens is 316 g/mol. The SMILES string of the molecule is CCOCCCNS(=O)(=O)c1ccc2c(c1)CC(C)N2C(C)=O. The van der Waals surface area contributed by atoms with Crippen molar-refractivity contribution in [2.75, 3.05) is 24.7 Å². The van der Waals surface area contributed by atoms with Gasteiger partial charge in [0.25, 0.3) is 0 Å². The minimum Gasteiger partial charge on any atom is -0.382 e. The summed E-state index contributed by atoms with van der Waals surface area (Å²) >= 11 is 0. The molecule has 1 N–H and O–H groups in total. The molecule has 1 heterocycles. The monoisotopic (exact) mass is 340 g/mol. The molecule has 0 aliphatic carbocycles. The highest BCUT2D eigenvalue weighted by Gasteiger charge is 2.30. The third-order valence-corrected chi connectivity index (χ3v) is 5.34. The van der Waals surface area contributed by atoms with Crippen LogP contribution in [0.3, 0.4) is 0 Å². The lowest BCUT2D eigenvalue weighted by Crippen LogP contribution is -2.33. The number of carbonyl (C=O) groups excluding carboxylic acids is 1. The first kappa shape index (κ1) is 17.9. The van der Waals surface area contributed by atoms with E-state index in [1.54, 1.807) is 23.1 Å². The first-order chi connectivity index (χ1) is 10.9. The number of rotatable bonds is 7. The van der Waals surface area contributed by atoms with Crippen LogP contribution in [0.5, 0.6) is 0 Å². The van der Waals surface area contributed by atoms with Gasteiger partial charge in [-0.2, -0.15) is 0 Å². The van der Waals surface area contributed by atoms with Crippen molar-refractivity contribution in [1.82, 2.24) is 4.72 Å². The minimum atomic E-state index is -3.53. The zero-order valence-electron chi connectivity index (χ0n) is 13.8. The van der Waals surface area contributed by atoms with Crippen LogP contribution in [0.4, 0.5) is 5.69 Å². The van der Waals surface area contributed by atoms with E-state index < -0.39 is 10.0 Å². The van der Waals surface area contributed by atoms with Gasteiger partial charge in [-0.05, 0) is 50.5 Å². The molecule has 0 saturated carbocycles. The average Bonchev–Trinajstić information content (AvgIpc) is 2.81. The van der Waals surface area contributed by atoms with Gasteiger partial charge >= 0.3 is 0 Å². The van der Waals surface area contributed by atoms with Crippen LogP contribution in [0.1, 0.15) is 32.8 Å². The lowest BCUT2D eigenvalue weighted by Gasteiger charge is -2.20. The van der Waals surface area contributed by atoms with Crippen molar-refractivity contribution in [3.05, 3.63) is 23.8 Å². The maximum Gasteiger partial charge on any atom is 0.240 e. The standard InChI is InChI=1S/C16H24N2O4S/c1-4-22-9-5-8-17-23(20,21)15-6-7-16-14(11-15)10-12(2)18(16)13(3)19/h6-7,11-12,17H,4-5,8-10H2,1-3H3. The van der Waals surface area contributed by atoms with Gasteiger partial charge in [0.1, 0.15) is 0 Å². The molecule has 0 aromatic heterocycles. The number of anilines is 1. The van der Waals surface area contributed by atoms with Gasteiger partial charge in [0.15, 0.2) is 0 Å². The topological polar surface area (TPSA) is 75.7 Å². The van der Waals surface area contributed by atoms with E-state index in [1.165, 1.54) is 6.92 Å². The lowest BCUT2D eigenvalue weighted by atomic mass is 10.1. The van der Waals surface area contributed by atoms with E-state index in [2.05, 4.69) is 4.72 Å². The Morgan fingerprint density at radius 3 is 2.83 bits per heavy atom. The highest BCUT2D eigenvalue weighted by Crippen LogP contribution is 2.33. The first-order valence-electron chi connectivity index (χ1n) is 7.87. The molecule has 0 saturated heterocycles. The van der Waals surface area contributed by atoms with Gasteiger partial charge in [0, 0.05) is 38.4 Å². The Morgan fingerprint density at radius 1 is 1.43 bits per heavy atom. The lowest BCUT2D eigenvalue weighted by molar-refractivity contribution is -0.116. The van der Waals surface area contributed by atoms with Crippen LogP contribution in [-0.4, -0.2) is 40.1 Å². The molecule has 1 aromatic carbocycles. The van der Waals surface area contributed by atoms with E-state index in [4.69, 9.17) is 4.74 Å². The van der Waals surface area contributed by atoms with Crippen LogP contribution in [0.15, 0.2) is 23.1 Å². The minimum absolute atomic E-state index is 0.0269. The predicted molar refractivity (Wildman–Crippen MR) is 89.1 cm³/mol. The fourth-order valence-electron chi connectivity index (χ4n) is 2.86.